The van der Waals surface area contributed by atoms with Gasteiger partial charge in [-0.05, 0) is 45.4 Å². The zero-order valence-electron chi connectivity index (χ0n) is 17.3. The van der Waals surface area contributed by atoms with Crippen molar-refractivity contribution in [2.75, 3.05) is 6.54 Å². The predicted molar refractivity (Wildman–Crippen MR) is 113 cm³/mol. The Morgan fingerprint density at radius 1 is 1.13 bits per heavy atom. The van der Waals surface area contributed by atoms with Crippen molar-refractivity contribution in [1.82, 2.24) is 24.9 Å². The van der Waals surface area contributed by atoms with Crippen LogP contribution in [0.3, 0.4) is 0 Å². The monoisotopic (exact) mass is 430 g/mol. The lowest BCUT2D eigenvalue weighted by Gasteiger charge is -2.09. The molecular weight excluding hydrogens is 408 g/mol. The van der Waals surface area contributed by atoms with E-state index in [1.54, 1.807) is 19.9 Å². The fourth-order valence-corrected chi connectivity index (χ4v) is 3.50. The van der Waals surface area contributed by atoms with Gasteiger partial charge in [0.05, 0.1) is 34.4 Å². The summed E-state index contributed by atoms with van der Waals surface area (Å²) in [4.78, 5) is 23.2. The first kappa shape index (κ1) is 21.5. The van der Waals surface area contributed by atoms with Gasteiger partial charge < -0.3 is 5.32 Å². The molecule has 0 atom stereocenters. The molecule has 1 aromatic carbocycles. The molecule has 1 N–H and O–H groups in total. The number of hydrogen-bond acceptors (Lipinski definition) is 5. The molecule has 158 valence electrons. The topological polar surface area (TPSA) is 108 Å². The van der Waals surface area contributed by atoms with Crippen LogP contribution in [0, 0.1) is 37.8 Å². The number of carbonyl (C=O) groups is 1. The highest BCUT2D eigenvalue weighted by Gasteiger charge is 2.21. The first-order valence-corrected chi connectivity index (χ1v) is 9.82. The van der Waals surface area contributed by atoms with Crippen LogP contribution in [0.4, 0.5) is 5.69 Å². The van der Waals surface area contributed by atoms with E-state index in [9.17, 15) is 14.9 Å². The van der Waals surface area contributed by atoms with Crippen LogP contribution in [-0.4, -0.2) is 36.9 Å². The van der Waals surface area contributed by atoms with Crippen LogP contribution in [0.2, 0.25) is 5.02 Å². The molecule has 0 aliphatic heterocycles. The average molecular weight is 431 g/mol. The molecular formula is C20H23ClN6O3. The largest absolute Gasteiger partial charge is 0.350 e. The molecule has 0 unspecified atom stereocenters. The summed E-state index contributed by atoms with van der Waals surface area (Å²) < 4.78 is 3.35. The van der Waals surface area contributed by atoms with Crippen molar-refractivity contribution >= 4 is 23.2 Å². The van der Waals surface area contributed by atoms with Gasteiger partial charge in [0.1, 0.15) is 11.4 Å². The third-order valence-electron chi connectivity index (χ3n) is 4.95. The third-order valence-corrected chi connectivity index (χ3v) is 5.50. The van der Waals surface area contributed by atoms with Crippen molar-refractivity contribution in [2.24, 2.45) is 0 Å². The van der Waals surface area contributed by atoms with E-state index in [-0.39, 0.29) is 11.6 Å². The highest BCUT2D eigenvalue weighted by Crippen LogP contribution is 2.22. The van der Waals surface area contributed by atoms with Crippen molar-refractivity contribution < 1.29 is 9.72 Å². The fraction of sp³-hybridized carbons (Fsp3) is 0.350. The Bertz CT molecular complexity index is 1120. The van der Waals surface area contributed by atoms with E-state index in [2.05, 4.69) is 15.5 Å². The second kappa shape index (κ2) is 8.66. The molecule has 3 rings (SSSR count). The standard InChI is InChI=1S/C20H23ClN6O3/c1-12-18(21)14(3)26(23-12)11-16-6-5-7-17(10-16)20(28)22-8-9-25-15(4)19(27(29)30)13(2)24-25/h5-7,10H,8-9,11H2,1-4H3,(H,22,28). The van der Waals surface area contributed by atoms with E-state index in [0.29, 0.717) is 41.6 Å². The molecule has 9 nitrogen and oxygen atoms in total. The van der Waals surface area contributed by atoms with Crippen molar-refractivity contribution in [3.8, 4) is 0 Å². The molecule has 2 heterocycles. The first-order valence-electron chi connectivity index (χ1n) is 9.44. The molecule has 30 heavy (non-hydrogen) atoms. The molecule has 0 bridgehead atoms. The average Bonchev–Trinajstić information content (AvgIpc) is 3.11. The number of nitrogens with one attached hydrogen (secondary N) is 1. The maximum atomic E-state index is 12.5. The zero-order chi connectivity index (χ0) is 22.0. The second-order valence-corrected chi connectivity index (χ2v) is 7.48. The number of nitro groups is 1. The van der Waals surface area contributed by atoms with Crippen LogP contribution >= 0.6 is 11.6 Å². The van der Waals surface area contributed by atoms with Gasteiger partial charge in [-0.3, -0.25) is 24.3 Å². The number of carbonyl (C=O) groups excluding carboxylic acids is 1. The third kappa shape index (κ3) is 4.35. The van der Waals surface area contributed by atoms with E-state index in [4.69, 9.17) is 11.6 Å². The Morgan fingerprint density at radius 2 is 1.83 bits per heavy atom. The molecule has 0 spiro atoms. The highest BCUT2D eigenvalue weighted by atomic mass is 35.5. The maximum Gasteiger partial charge on any atom is 0.312 e. The lowest BCUT2D eigenvalue weighted by atomic mass is 10.1. The number of hydrogen-bond donors (Lipinski definition) is 1. The summed E-state index contributed by atoms with van der Waals surface area (Å²) in [5.41, 5.74) is 3.95. The summed E-state index contributed by atoms with van der Waals surface area (Å²) in [5, 5.41) is 23.2. The summed E-state index contributed by atoms with van der Waals surface area (Å²) >= 11 is 6.20. The first-order chi connectivity index (χ1) is 14.2. The van der Waals surface area contributed by atoms with Crippen molar-refractivity contribution in [3.05, 3.63) is 73.3 Å². The number of aromatic nitrogens is 4. The van der Waals surface area contributed by atoms with Crippen LogP contribution in [0.5, 0.6) is 0 Å². The Hall–Kier alpha value is -3.20. The van der Waals surface area contributed by atoms with Crippen LogP contribution in [-0.2, 0) is 13.1 Å². The number of aryl methyl sites for hydroxylation is 2. The smallest absolute Gasteiger partial charge is 0.312 e. The minimum Gasteiger partial charge on any atom is -0.350 e. The van der Waals surface area contributed by atoms with Crippen LogP contribution in [0.15, 0.2) is 24.3 Å². The Labute approximate surface area is 178 Å². The minimum absolute atomic E-state index is 0.0123. The summed E-state index contributed by atoms with van der Waals surface area (Å²) in [6.45, 7) is 8.16. The van der Waals surface area contributed by atoms with Crippen molar-refractivity contribution in [2.45, 2.75) is 40.8 Å². The number of benzene rings is 1. The molecule has 0 aliphatic rings. The Kier molecular flexibility index (Phi) is 6.21. The van der Waals surface area contributed by atoms with E-state index in [1.807, 2.05) is 36.7 Å². The van der Waals surface area contributed by atoms with Gasteiger partial charge >= 0.3 is 5.69 Å². The maximum absolute atomic E-state index is 12.5. The van der Waals surface area contributed by atoms with Gasteiger partial charge in [0.15, 0.2) is 0 Å². The predicted octanol–water partition coefficient (Wildman–Crippen LogP) is 3.35. The van der Waals surface area contributed by atoms with E-state index < -0.39 is 4.92 Å². The molecule has 0 fully saturated rings. The molecule has 1 amide bonds. The summed E-state index contributed by atoms with van der Waals surface area (Å²) in [6, 6.07) is 7.30. The molecule has 10 heteroatoms. The van der Waals surface area contributed by atoms with Crippen LogP contribution in [0.1, 0.15) is 38.7 Å². The molecule has 3 aromatic rings. The van der Waals surface area contributed by atoms with Gasteiger partial charge in [-0.2, -0.15) is 10.2 Å². The summed E-state index contributed by atoms with van der Waals surface area (Å²) in [6.07, 6.45) is 0. The fourth-order valence-electron chi connectivity index (χ4n) is 3.36. The lowest BCUT2D eigenvalue weighted by Crippen LogP contribution is -2.28. The van der Waals surface area contributed by atoms with Gasteiger partial charge in [-0.25, -0.2) is 0 Å². The summed E-state index contributed by atoms with van der Waals surface area (Å²) in [7, 11) is 0. The second-order valence-electron chi connectivity index (χ2n) is 7.10. The zero-order valence-corrected chi connectivity index (χ0v) is 18.0. The number of rotatable bonds is 7. The number of nitrogens with zero attached hydrogens (tertiary/aromatic N) is 5. The van der Waals surface area contributed by atoms with Crippen LogP contribution < -0.4 is 5.32 Å². The number of halogens is 1. The molecule has 2 aromatic heterocycles. The highest BCUT2D eigenvalue weighted by molar-refractivity contribution is 6.31. The van der Waals surface area contributed by atoms with Gasteiger partial charge in [-0.15, -0.1) is 0 Å². The van der Waals surface area contributed by atoms with Gasteiger partial charge in [-0.1, -0.05) is 23.7 Å². The molecule has 0 saturated heterocycles. The Morgan fingerprint density at radius 3 is 2.43 bits per heavy atom. The van der Waals surface area contributed by atoms with Crippen molar-refractivity contribution in [1.29, 1.82) is 0 Å². The SMILES string of the molecule is Cc1nn(Cc2cccc(C(=O)NCCn3nc(C)c([N+](=O)[O-])c3C)c2)c(C)c1Cl. The Balaban J connectivity index is 1.64. The lowest BCUT2D eigenvalue weighted by molar-refractivity contribution is -0.386. The van der Waals surface area contributed by atoms with Crippen LogP contribution in [0.25, 0.3) is 0 Å². The van der Waals surface area contributed by atoms with Crippen molar-refractivity contribution in [3.63, 3.8) is 0 Å². The van der Waals surface area contributed by atoms with Gasteiger partial charge in [0.25, 0.3) is 5.91 Å². The van der Waals surface area contributed by atoms with E-state index in [1.165, 1.54) is 4.68 Å². The molecule has 0 radical (unpaired) electrons. The summed E-state index contributed by atoms with van der Waals surface area (Å²) in [5.74, 6) is -0.223. The molecule has 0 aliphatic carbocycles. The normalized spacial score (nSPS) is 11.0. The quantitative estimate of drug-likeness (QED) is 0.456. The van der Waals surface area contributed by atoms with Gasteiger partial charge in [0, 0.05) is 12.1 Å². The van der Waals surface area contributed by atoms with Gasteiger partial charge in [0.2, 0.25) is 0 Å². The molecule has 0 saturated carbocycles. The van der Waals surface area contributed by atoms with E-state index in [0.717, 1.165) is 17.0 Å². The minimum atomic E-state index is -0.436. The number of amides is 1. The van der Waals surface area contributed by atoms with E-state index >= 15 is 0 Å².